The van der Waals surface area contributed by atoms with Crippen molar-refractivity contribution in [2.24, 2.45) is 12.1 Å². The molecular weight excluding hydrogens is 408 g/mol. The van der Waals surface area contributed by atoms with Crippen molar-refractivity contribution in [3.8, 4) is 0 Å². The number of carbonyl (C=O) groups is 1. The normalized spacial score (nSPS) is 16.3. The number of hydrogen-bond donors (Lipinski definition) is 0. The summed E-state index contributed by atoms with van der Waals surface area (Å²) in [5.41, 5.74) is 6.09. The first-order chi connectivity index (χ1) is 15.0. The predicted octanol–water partition coefficient (Wildman–Crippen LogP) is 5.78. The maximum atomic E-state index is 12.8. The molecule has 0 saturated heterocycles. The summed E-state index contributed by atoms with van der Waals surface area (Å²) in [5.74, 6) is 0.0161. The Bertz CT molecular complexity index is 1370. The van der Waals surface area contributed by atoms with Crippen molar-refractivity contribution in [3.63, 3.8) is 0 Å². The van der Waals surface area contributed by atoms with E-state index in [1.165, 1.54) is 0 Å². The fourth-order valence-electron chi connectivity index (χ4n) is 4.53. The smallest absolute Gasteiger partial charge is 0.242 e. The Morgan fingerprint density at radius 2 is 2.00 bits per heavy atom. The minimum absolute atomic E-state index is 0.0161. The van der Waals surface area contributed by atoms with Gasteiger partial charge in [-0.05, 0) is 36.8 Å². The van der Waals surface area contributed by atoms with Crippen molar-refractivity contribution < 1.29 is 4.79 Å². The molecular formula is C25H23ClN4O. The summed E-state index contributed by atoms with van der Waals surface area (Å²) in [6.07, 6.45) is 5.04. The second-order valence-corrected chi connectivity index (χ2v) is 8.47. The molecule has 0 fully saturated rings. The predicted molar refractivity (Wildman–Crippen MR) is 125 cm³/mol. The molecule has 1 unspecified atom stereocenters. The Morgan fingerprint density at radius 3 is 2.81 bits per heavy atom. The number of para-hydroxylation sites is 1. The molecule has 0 N–H and O–H groups in total. The number of benzene rings is 2. The van der Waals surface area contributed by atoms with Crippen LogP contribution < -0.4 is 0 Å². The van der Waals surface area contributed by atoms with Crippen LogP contribution in [0, 0.1) is 6.92 Å². The topological polar surface area (TPSA) is 50.5 Å². The van der Waals surface area contributed by atoms with E-state index in [-0.39, 0.29) is 11.9 Å². The Hall–Kier alpha value is -3.18. The molecule has 6 heteroatoms. The largest absolute Gasteiger partial charge is 0.350 e. The molecule has 0 bridgehead atoms. The highest BCUT2D eigenvalue weighted by atomic mass is 35.5. The molecule has 0 radical (unpaired) electrons. The lowest BCUT2D eigenvalue weighted by molar-refractivity contribution is -0.132. The van der Waals surface area contributed by atoms with Crippen LogP contribution in [-0.4, -0.2) is 26.2 Å². The van der Waals surface area contributed by atoms with E-state index in [2.05, 4.69) is 34.8 Å². The van der Waals surface area contributed by atoms with Crippen LogP contribution in [-0.2, 0) is 11.8 Å². The number of halogens is 1. The molecule has 0 saturated carbocycles. The number of fused-ring (bicyclic) bond motifs is 2. The molecule has 0 aliphatic carbocycles. The zero-order valence-corrected chi connectivity index (χ0v) is 18.5. The summed E-state index contributed by atoms with van der Waals surface area (Å²) in [6, 6.07) is 13.9. The molecule has 1 aliphatic rings. The molecule has 3 heterocycles. The number of amides is 1. The van der Waals surface area contributed by atoms with E-state index in [1.54, 1.807) is 5.01 Å². The zero-order chi connectivity index (χ0) is 21.7. The summed E-state index contributed by atoms with van der Waals surface area (Å²) in [4.78, 5) is 17.5. The summed E-state index contributed by atoms with van der Waals surface area (Å²) < 4.78 is 2.11. The molecule has 5 nitrogen and oxygen atoms in total. The number of hydrazone groups is 1. The van der Waals surface area contributed by atoms with E-state index in [1.807, 2.05) is 50.5 Å². The van der Waals surface area contributed by atoms with Crippen LogP contribution >= 0.6 is 11.6 Å². The Morgan fingerprint density at radius 1 is 1.19 bits per heavy atom. The van der Waals surface area contributed by atoms with Gasteiger partial charge in [-0.25, -0.2) is 5.01 Å². The maximum absolute atomic E-state index is 12.8. The van der Waals surface area contributed by atoms with Gasteiger partial charge in [-0.1, -0.05) is 36.7 Å². The number of aromatic nitrogens is 2. The van der Waals surface area contributed by atoms with E-state index in [9.17, 15) is 4.79 Å². The summed E-state index contributed by atoms with van der Waals surface area (Å²) >= 11 is 6.23. The van der Waals surface area contributed by atoms with Gasteiger partial charge in [0.05, 0.1) is 17.3 Å². The summed E-state index contributed by atoms with van der Waals surface area (Å²) in [5, 5.41) is 9.32. The lowest BCUT2D eigenvalue weighted by Crippen LogP contribution is -2.26. The minimum Gasteiger partial charge on any atom is -0.350 e. The quantitative estimate of drug-likeness (QED) is 0.414. The highest BCUT2D eigenvalue weighted by molar-refractivity contribution is 6.31. The van der Waals surface area contributed by atoms with Gasteiger partial charge in [0, 0.05) is 64.7 Å². The molecule has 31 heavy (non-hydrogen) atoms. The molecule has 2 aromatic carbocycles. The first-order valence-electron chi connectivity index (χ1n) is 10.5. The molecule has 4 aromatic rings. The monoisotopic (exact) mass is 430 g/mol. The van der Waals surface area contributed by atoms with Crippen molar-refractivity contribution >= 4 is 45.0 Å². The van der Waals surface area contributed by atoms with Crippen LogP contribution in [0.4, 0.5) is 0 Å². The molecule has 1 amide bonds. The maximum Gasteiger partial charge on any atom is 0.242 e. The van der Waals surface area contributed by atoms with Crippen LogP contribution in [0.25, 0.3) is 21.8 Å². The van der Waals surface area contributed by atoms with Crippen LogP contribution in [0.3, 0.4) is 0 Å². The average molecular weight is 431 g/mol. The van der Waals surface area contributed by atoms with E-state index in [4.69, 9.17) is 16.7 Å². The standard InChI is InChI=1S/C25H23ClN4O/c1-4-25(31)30-24(20-14-29(3)23-8-6-5-7-17(20)23)12-22(28-30)19-13-27-21-10-9-16(26)11-18(21)15(19)2/h5-11,13-14,24H,4,12H2,1-3H3. The molecule has 156 valence electrons. The van der Waals surface area contributed by atoms with Gasteiger partial charge >= 0.3 is 0 Å². The fourth-order valence-corrected chi connectivity index (χ4v) is 4.71. The molecule has 1 aliphatic heterocycles. The third kappa shape index (κ3) is 3.20. The van der Waals surface area contributed by atoms with E-state index < -0.39 is 0 Å². The van der Waals surface area contributed by atoms with Crippen LogP contribution in [0.1, 0.15) is 42.5 Å². The molecule has 0 spiro atoms. The van der Waals surface area contributed by atoms with Gasteiger partial charge in [0.2, 0.25) is 5.91 Å². The van der Waals surface area contributed by atoms with Crippen LogP contribution in [0.5, 0.6) is 0 Å². The minimum atomic E-state index is -0.136. The van der Waals surface area contributed by atoms with Gasteiger partial charge in [0.15, 0.2) is 0 Å². The second-order valence-electron chi connectivity index (χ2n) is 8.03. The van der Waals surface area contributed by atoms with Crippen molar-refractivity contribution in [1.29, 1.82) is 0 Å². The molecule has 1 atom stereocenters. The first kappa shape index (κ1) is 19.8. The highest BCUT2D eigenvalue weighted by Crippen LogP contribution is 2.38. The second kappa shape index (κ2) is 7.50. The number of nitrogens with zero attached hydrogens (tertiary/aromatic N) is 4. The molecule has 2 aromatic heterocycles. The van der Waals surface area contributed by atoms with Crippen LogP contribution in [0.2, 0.25) is 5.02 Å². The van der Waals surface area contributed by atoms with Gasteiger partial charge in [-0.2, -0.15) is 5.10 Å². The number of pyridine rings is 1. The zero-order valence-electron chi connectivity index (χ0n) is 17.8. The fraction of sp³-hybridized carbons (Fsp3) is 0.240. The third-order valence-electron chi connectivity index (χ3n) is 6.17. The third-order valence-corrected chi connectivity index (χ3v) is 6.40. The van der Waals surface area contributed by atoms with Crippen molar-refractivity contribution in [2.75, 3.05) is 0 Å². The lowest BCUT2D eigenvalue weighted by Gasteiger charge is -2.21. The van der Waals surface area contributed by atoms with E-state index in [0.717, 1.165) is 44.2 Å². The van der Waals surface area contributed by atoms with Gasteiger partial charge in [0.25, 0.3) is 0 Å². The Labute approximate surface area is 185 Å². The Kier molecular flexibility index (Phi) is 4.78. The Balaban J connectivity index is 1.62. The number of carbonyl (C=O) groups excluding carboxylic acids is 1. The first-order valence-corrected chi connectivity index (χ1v) is 10.8. The van der Waals surface area contributed by atoms with Gasteiger partial charge in [-0.15, -0.1) is 0 Å². The van der Waals surface area contributed by atoms with E-state index in [0.29, 0.717) is 17.9 Å². The summed E-state index contributed by atoms with van der Waals surface area (Å²) in [6.45, 7) is 3.94. The number of aryl methyl sites for hydroxylation is 2. The van der Waals surface area contributed by atoms with Crippen molar-refractivity contribution in [1.82, 2.24) is 14.6 Å². The lowest BCUT2D eigenvalue weighted by atomic mass is 9.95. The van der Waals surface area contributed by atoms with Crippen molar-refractivity contribution in [2.45, 2.75) is 32.7 Å². The number of hydrogen-bond acceptors (Lipinski definition) is 3. The van der Waals surface area contributed by atoms with Gasteiger partial charge < -0.3 is 4.57 Å². The highest BCUT2D eigenvalue weighted by Gasteiger charge is 2.34. The molecule has 5 rings (SSSR count). The van der Waals surface area contributed by atoms with Crippen LogP contribution in [0.15, 0.2) is 60.0 Å². The van der Waals surface area contributed by atoms with Gasteiger partial charge in [-0.3, -0.25) is 9.78 Å². The summed E-state index contributed by atoms with van der Waals surface area (Å²) in [7, 11) is 2.04. The SMILES string of the molecule is CCC(=O)N1N=C(c2cnc3ccc(Cl)cc3c2C)CC1c1cn(C)c2ccccc12. The van der Waals surface area contributed by atoms with Crippen molar-refractivity contribution in [3.05, 3.63) is 76.6 Å². The number of rotatable bonds is 3. The van der Waals surface area contributed by atoms with E-state index >= 15 is 0 Å². The average Bonchev–Trinajstić information content (AvgIpc) is 3.36. The van der Waals surface area contributed by atoms with Gasteiger partial charge in [0.1, 0.15) is 0 Å².